The van der Waals surface area contributed by atoms with Crippen molar-refractivity contribution >= 4 is 22.9 Å². The predicted molar refractivity (Wildman–Crippen MR) is 129 cm³/mol. The van der Waals surface area contributed by atoms with Crippen LogP contribution in [0.25, 0.3) is 21.9 Å². The second-order valence-corrected chi connectivity index (χ2v) is 9.33. The first-order valence-electron chi connectivity index (χ1n) is 11.2. The number of thiophene rings is 1. The van der Waals surface area contributed by atoms with Gasteiger partial charge in [-0.15, -0.1) is 16.4 Å². The van der Waals surface area contributed by atoms with Gasteiger partial charge in [0, 0.05) is 11.1 Å². The molecule has 11 heteroatoms. The smallest absolute Gasteiger partial charge is 0.253 e. The van der Waals surface area contributed by atoms with E-state index in [-0.39, 0.29) is 11.9 Å². The quantitative estimate of drug-likeness (QED) is 0.351. The lowest BCUT2D eigenvalue weighted by Crippen LogP contribution is -2.29. The van der Waals surface area contributed by atoms with E-state index in [1.165, 1.54) is 11.2 Å². The van der Waals surface area contributed by atoms with Gasteiger partial charge in [-0.25, -0.2) is 14.6 Å². The summed E-state index contributed by atoms with van der Waals surface area (Å²) in [7, 11) is 0. The normalized spacial score (nSPS) is 12.3. The SMILES string of the molecule is CCC[C@H](NC(=O)c1cc(-n2nncc2CC)c2ncc(-c3ccc(C)s3)n2c1)c1ncn[nH]1. The largest absolute Gasteiger partial charge is 0.342 e. The fourth-order valence-electron chi connectivity index (χ4n) is 3.99. The maximum absolute atomic E-state index is 13.5. The van der Waals surface area contributed by atoms with Crippen LogP contribution in [-0.2, 0) is 6.42 Å². The molecule has 0 fully saturated rings. The maximum Gasteiger partial charge on any atom is 0.253 e. The molecule has 0 aliphatic rings. The third kappa shape index (κ3) is 3.98. The highest BCUT2D eigenvalue weighted by Crippen LogP contribution is 2.30. The van der Waals surface area contributed by atoms with E-state index in [2.05, 4.69) is 56.8 Å². The predicted octanol–water partition coefficient (Wildman–Crippen LogP) is 3.90. The number of amides is 1. The Morgan fingerprint density at radius 3 is 2.82 bits per heavy atom. The van der Waals surface area contributed by atoms with Gasteiger partial charge in [0.25, 0.3) is 5.91 Å². The van der Waals surface area contributed by atoms with Crippen LogP contribution < -0.4 is 5.32 Å². The van der Waals surface area contributed by atoms with Crippen molar-refractivity contribution in [3.05, 3.63) is 65.1 Å². The molecular weight excluding hydrogens is 450 g/mol. The van der Waals surface area contributed by atoms with Gasteiger partial charge in [0.1, 0.15) is 17.8 Å². The molecule has 5 heterocycles. The van der Waals surface area contributed by atoms with E-state index in [1.54, 1.807) is 22.2 Å². The van der Waals surface area contributed by atoms with Gasteiger partial charge in [0.15, 0.2) is 5.65 Å². The molecule has 1 amide bonds. The van der Waals surface area contributed by atoms with Gasteiger partial charge in [-0.1, -0.05) is 25.5 Å². The summed E-state index contributed by atoms with van der Waals surface area (Å²) in [4.78, 5) is 24.7. The number of nitrogens with one attached hydrogen (secondary N) is 2. The summed E-state index contributed by atoms with van der Waals surface area (Å²) in [5.74, 6) is 0.427. The van der Waals surface area contributed by atoms with E-state index < -0.39 is 0 Å². The third-order valence-electron chi connectivity index (χ3n) is 5.70. The Hall–Kier alpha value is -3.86. The molecule has 0 saturated heterocycles. The number of rotatable bonds is 8. The first kappa shape index (κ1) is 22.0. The van der Waals surface area contributed by atoms with Gasteiger partial charge in [-0.05, 0) is 38.0 Å². The molecule has 0 bridgehead atoms. The van der Waals surface area contributed by atoms with Gasteiger partial charge in [0.2, 0.25) is 0 Å². The van der Waals surface area contributed by atoms with E-state index in [9.17, 15) is 4.79 Å². The van der Waals surface area contributed by atoms with Gasteiger partial charge in [-0.2, -0.15) is 5.10 Å². The Labute approximate surface area is 200 Å². The molecule has 5 aromatic rings. The van der Waals surface area contributed by atoms with Crippen molar-refractivity contribution in [2.75, 3.05) is 0 Å². The Morgan fingerprint density at radius 2 is 2.12 bits per heavy atom. The fourth-order valence-corrected chi connectivity index (χ4v) is 4.87. The monoisotopic (exact) mass is 475 g/mol. The molecule has 34 heavy (non-hydrogen) atoms. The minimum Gasteiger partial charge on any atom is -0.342 e. The number of pyridine rings is 1. The van der Waals surface area contributed by atoms with Crippen LogP contribution in [-0.4, -0.2) is 45.5 Å². The van der Waals surface area contributed by atoms with E-state index in [0.29, 0.717) is 22.7 Å². The minimum atomic E-state index is -0.265. The summed E-state index contributed by atoms with van der Waals surface area (Å²) in [6.07, 6.45) is 9.22. The molecular formula is C23H25N9OS. The number of hydrogen-bond acceptors (Lipinski definition) is 7. The topological polar surface area (TPSA) is 119 Å². The number of aromatic amines is 1. The summed E-state index contributed by atoms with van der Waals surface area (Å²) in [5.41, 5.74) is 3.75. The summed E-state index contributed by atoms with van der Waals surface area (Å²) in [5, 5.41) is 18.3. The van der Waals surface area contributed by atoms with Crippen LogP contribution in [0, 0.1) is 6.92 Å². The Bertz CT molecular complexity index is 1430. The lowest BCUT2D eigenvalue weighted by atomic mass is 10.1. The lowest BCUT2D eigenvalue weighted by molar-refractivity contribution is 0.0932. The molecule has 0 spiro atoms. The van der Waals surface area contributed by atoms with Crippen molar-refractivity contribution in [3.63, 3.8) is 0 Å². The second-order valence-electron chi connectivity index (χ2n) is 8.04. The lowest BCUT2D eigenvalue weighted by Gasteiger charge is -2.16. The van der Waals surface area contributed by atoms with Gasteiger partial charge in [-0.3, -0.25) is 14.3 Å². The maximum atomic E-state index is 13.5. The van der Waals surface area contributed by atoms with E-state index in [4.69, 9.17) is 4.98 Å². The number of aryl methyl sites for hydroxylation is 2. The van der Waals surface area contributed by atoms with Crippen molar-refractivity contribution in [3.8, 4) is 16.3 Å². The zero-order valence-corrected chi connectivity index (χ0v) is 20.0. The molecule has 2 N–H and O–H groups in total. The summed E-state index contributed by atoms with van der Waals surface area (Å²) >= 11 is 1.69. The number of H-pyrrole nitrogens is 1. The van der Waals surface area contributed by atoms with E-state index in [0.717, 1.165) is 35.5 Å². The first-order valence-corrected chi connectivity index (χ1v) is 12.0. The standard InChI is InChI=1S/C23H25N9OS/c1-4-6-17(21-25-13-27-29-21)28-23(33)15-9-18(32-16(5-2)10-26-30-32)22-24-11-19(31(22)12-15)20-8-7-14(3)34-20/h7-13,17H,4-6H2,1-3H3,(H,28,33)(H,25,27,29)/t17-/m0/s1. The Kier molecular flexibility index (Phi) is 5.93. The van der Waals surface area contributed by atoms with Crippen LogP contribution in [0.2, 0.25) is 0 Å². The van der Waals surface area contributed by atoms with Crippen molar-refractivity contribution in [1.29, 1.82) is 0 Å². The molecule has 10 nitrogen and oxygen atoms in total. The van der Waals surface area contributed by atoms with Crippen LogP contribution in [0.5, 0.6) is 0 Å². The highest BCUT2D eigenvalue weighted by Gasteiger charge is 2.22. The molecule has 5 rings (SSSR count). The number of hydrogen-bond donors (Lipinski definition) is 2. The third-order valence-corrected chi connectivity index (χ3v) is 6.72. The van der Waals surface area contributed by atoms with Crippen LogP contribution in [0.1, 0.15) is 59.5 Å². The Morgan fingerprint density at radius 1 is 1.24 bits per heavy atom. The number of fused-ring (bicyclic) bond motifs is 1. The van der Waals surface area contributed by atoms with E-state index in [1.807, 2.05) is 29.8 Å². The summed E-state index contributed by atoms with van der Waals surface area (Å²) < 4.78 is 3.71. The van der Waals surface area contributed by atoms with Gasteiger partial charge < -0.3 is 5.32 Å². The number of aromatic nitrogens is 8. The molecule has 0 aromatic carbocycles. The zero-order valence-electron chi connectivity index (χ0n) is 19.2. The highest BCUT2D eigenvalue weighted by atomic mass is 32.1. The zero-order chi connectivity index (χ0) is 23.7. The van der Waals surface area contributed by atoms with Crippen LogP contribution in [0.15, 0.2) is 43.1 Å². The molecule has 5 aromatic heterocycles. The van der Waals surface area contributed by atoms with E-state index >= 15 is 0 Å². The van der Waals surface area contributed by atoms with Crippen molar-refractivity contribution in [1.82, 2.24) is 44.9 Å². The molecule has 0 aliphatic carbocycles. The number of nitrogens with zero attached hydrogens (tertiary/aromatic N) is 7. The van der Waals surface area contributed by atoms with Crippen LogP contribution in [0.3, 0.4) is 0 Å². The average Bonchev–Trinajstić information content (AvgIpc) is 3.64. The molecule has 0 aliphatic heterocycles. The number of imidazole rings is 1. The van der Waals surface area contributed by atoms with Crippen LogP contribution >= 0.6 is 11.3 Å². The highest BCUT2D eigenvalue weighted by molar-refractivity contribution is 7.15. The molecule has 1 atom stereocenters. The molecule has 174 valence electrons. The van der Waals surface area contributed by atoms with Crippen molar-refractivity contribution < 1.29 is 4.79 Å². The molecule has 0 radical (unpaired) electrons. The van der Waals surface area contributed by atoms with Gasteiger partial charge in [0.05, 0.1) is 40.3 Å². The second kappa shape index (κ2) is 9.18. The summed E-state index contributed by atoms with van der Waals surface area (Å²) in [6, 6.07) is 5.71. The van der Waals surface area contributed by atoms with Gasteiger partial charge >= 0.3 is 0 Å². The fraction of sp³-hybridized carbons (Fsp3) is 0.304. The summed E-state index contributed by atoms with van der Waals surface area (Å²) in [6.45, 7) is 6.18. The van der Waals surface area contributed by atoms with Crippen molar-refractivity contribution in [2.45, 2.75) is 46.1 Å². The van der Waals surface area contributed by atoms with Crippen molar-refractivity contribution in [2.24, 2.45) is 0 Å². The number of carbonyl (C=O) groups is 1. The Balaban J connectivity index is 1.63. The number of carbonyl (C=O) groups excluding carboxylic acids is 1. The van der Waals surface area contributed by atoms with Crippen LogP contribution in [0.4, 0.5) is 0 Å². The molecule has 0 unspecified atom stereocenters. The first-order chi connectivity index (χ1) is 16.6. The average molecular weight is 476 g/mol. The molecule has 0 saturated carbocycles. The minimum absolute atomic E-state index is 0.210.